The van der Waals surface area contributed by atoms with Crippen molar-refractivity contribution in [3.05, 3.63) is 65.5 Å². The molecule has 1 atom stereocenters. The van der Waals surface area contributed by atoms with E-state index in [0.29, 0.717) is 6.42 Å². The zero-order valence-corrected chi connectivity index (χ0v) is 11.2. The van der Waals surface area contributed by atoms with Gasteiger partial charge in [0, 0.05) is 0 Å². The molecule has 0 amide bonds. The third-order valence-corrected chi connectivity index (χ3v) is 3.48. The number of hydrogen-bond acceptors (Lipinski definition) is 2. The van der Waals surface area contributed by atoms with Gasteiger partial charge in [0.1, 0.15) is 11.6 Å². The lowest BCUT2D eigenvalue weighted by molar-refractivity contribution is 0.411. The second kappa shape index (κ2) is 5.41. The molecule has 0 spiro atoms. The van der Waals surface area contributed by atoms with E-state index in [1.54, 1.807) is 13.2 Å². The van der Waals surface area contributed by atoms with Crippen molar-refractivity contribution in [3.63, 3.8) is 0 Å². The Bertz CT molecular complexity index is 570. The van der Waals surface area contributed by atoms with E-state index in [1.165, 1.54) is 12.1 Å². The van der Waals surface area contributed by atoms with E-state index in [2.05, 4.69) is 0 Å². The molecule has 2 nitrogen and oxygen atoms in total. The largest absolute Gasteiger partial charge is 0.497 e. The average molecular weight is 259 g/mol. The molecular formula is C16H18FNO. The Balaban J connectivity index is 2.52. The molecule has 0 aromatic heterocycles. The van der Waals surface area contributed by atoms with Crippen LogP contribution in [0.4, 0.5) is 4.39 Å². The summed E-state index contributed by atoms with van der Waals surface area (Å²) in [6.07, 6.45) is 0.670. The minimum atomic E-state index is -0.712. The molecule has 2 aromatic carbocycles. The van der Waals surface area contributed by atoms with Gasteiger partial charge in [-0.3, -0.25) is 0 Å². The summed E-state index contributed by atoms with van der Waals surface area (Å²) < 4.78 is 18.6. The van der Waals surface area contributed by atoms with Gasteiger partial charge in [0.2, 0.25) is 0 Å². The number of nitrogens with two attached hydrogens (primary N) is 1. The summed E-state index contributed by atoms with van der Waals surface area (Å²) in [7, 11) is 1.62. The van der Waals surface area contributed by atoms with Crippen LogP contribution in [0.2, 0.25) is 0 Å². The van der Waals surface area contributed by atoms with Gasteiger partial charge in [0.25, 0.3) is 0 Å². The molecule has 19 heavy (non-hydrogen) atoms. The van der Waals surface area contributed by atoms with Crippen LogP contribution >= 0.6 is 0 Å². The molecule has 0 aliphatic rings. The maximum absolute atomic E-state index is 13.4. The van der Waals surface area contributed by atoms with Crippen LogP contribution in [0.15, 0.2) is 48.5 Å². The van der Waals surface area contributed by atoms with Gasteiger partial charge in [-0.2, -0.15) is 0 Å². The van der Waals surface area contributed by atoms with Gasteiger partial charge in [-0.25, -0.2) is 4.39 Å². The maximum atomic E-state index is 13.4. The SMILES string of the molecule is CCC(N)(c1cccc(F)c1)c1cccc(OC)c1. The minimum Gasteiger partial charge on any atom is -0.497 e. The smallest absolute Gasteiger partial charge is 0.123 e. The summed E-state index contributed by atoms with van der Waals surface area (Å²) in [6.45, 7) is 1.99. The third kappa shape index (κ3) is 2.61. The molecule has 1 unspecified atom stereocenters. The molecule has 2 N–H and O–H groups in total. The van der Waals surface area contributed by atoms with Crippen LogP contribution in [0.3, 0.4) is 0 Å². The average Bonchev–Trinajstić information content (AvgIpc) is 2.46. The summed E-state index contributed by atoms with van der Waals surface area (Å²) in [4.78, 5) is 0. The van der Waals surface area contributed by atoms with Crippen molar-refractivity contribution in [1.82, 2.24) is 0 Å². The van der Waals surface area contributed by atoms with Crippen LogP contribution in [0, 0.1) is 5.82 Å². The molecule has 0 saturated carbocycles. The molecule has 0 aliphatic carbocycles. The van der Waals surface area contributed by atoms with Crippen molar-refractivity contribution in [2.24, 2.45) is 5.73 Å². The number of benzene rings is 2. The van der Waals surface area contributed by atoms with E-state index in [4.69, 9.17) is 10.5 Å². The lowest BCUT2D eigenvalue weighted by Gasteiger charge is -2.29. The molecule has 0 saturated heterocycles. The van der Waals surface area contributed by atoms with Crippen LogP contribution in [0.25, 0.3) is 0 Å². The second-order valence-corrected chi connectivity index (χ2v) is 4.57. The van der Waals surface area contributed by atoms with Crippen molar-refractivity contribution in [1.29, 1.82) is 0 Å². The standard InChI is InChI=1S/C16H18FNO/c1-3-16(18,12-6-4-8-14(17)10-12)13-7-5-9-15(11-13)19-2/h4-11H,3,18H2,1-2H3. The van der Waals surface area contributed by atoms with Crippen LogP contribution in [0.5, 0.6) is 5.75 Å². The number of halogens is 1. The molecule has 3 heteroatoms. The highest BCUT2D eigenvalue weighted by molar-refractivity contribution is 5.41. The molecule has 0 fully saturated rings. The first-order valence-electron chi connectivity index (χ1n) is 6.29. The second-order valence-electron chi connectivity index (χ2n) is 4.57. The highest BCUT2D eigenvalue weighted by atomic mass is 19.1. The predicted molar refractivity (Wildman–Crippen MR) is 74.7 cm³/mol. The highest BCUT2D eigenvalue weighted by Gasteiger charge is 2.28. The van der Waals surface area contributed by atoms with Crippen molar-refractivity contribution in [2.75, 3.05) is 7.11 Å². The van der Waals surface area contributed by atoms with Crippen molar-refractivity contribution in [2.45, 2.75) is 18.9 Å². The Labute approximate surface area is 113 Å². The Morgan fingerprint density at radius 1 is 1.11 bits per heavy atom. The molecule has 0 bridgehead atoms. The van der Waals surface area contributed by atoms with Gasteiger partial charge < -0.3 is 10.5 Å². The monoisotopic (exact) mass is 259 g/mol. The van der Waals surface area contributed by atoms with Crippen molar-refractivity contribution in [3.8, 4) is 5.75 Å². The maximum Gasteiger partial charge on any atom is 0.123 e. The quantitative estimate of drug-likeness (QED) is 0.912. The zero-order valence-electron chi connectivity index (χ0n) is 11.2. The van der Waals surface area contributed by atoms with Crippen LogP contribution in [-0.2, 0) is 5.54 Å². The van der Waals surface area contributed by atoms with E-state index in [9.17, 15) is 4.39 Å². The highest BCUT2D eigenvalue weighted by Crippen LogP contribution is 2.32. The topological polar surface area (TPSA) is 35.2 Å². The van der Waals surface area contributed by atoms with E-state index >= 15 is 0 Å². The molecule has 100 valence electrons. The molecule has 0 radical (unpaired) electrons. The van der Waals surface area contributed by atoms with E-state index < -0.39 is 5.54 Å². The third-order valence-electron chi connectivity index (χ3n) is 3.48. The van der Waals surface area contributed by atoms with Crippen LogP contribution in [0.1, 0.15) is 24.5 Å². The summed E-state index contributed by atoms with van der Waals surface area (Å²) >= 11 is 0. The Morgan fingerprint density at radius 2 is 1.74 bits per heavy atom. The van der Waals surface area contributed by atoms with Crippen LogP contribution < -0.4 is 10.5 Å². The lowest BCUT2D eigenvalue weighted by Crippen LogP contribution is -2.37. The summed E-state index contributed by atoms with van der Waals surface area (Å²) in [5.74, 6) is 0.473. The van der Waals surface area contributed by atoms with Gasteiger partial charge in [-0.05, 0) is 41.8 Å². The summed E-state index contributed by atoms with van der Waals surface area (Å²) in [6, 6.07) is 14.0. The number of rotatable bonds is 4. The van der Waals surface area contributed by atoms with Gasteiger partial charge >= 0.3 is 0 Å². The van der Waals surface area contributed by atoms with Gasteiger partial charge in [-0.1, -0.05) is 31.2 Å². The first-order chi connectivity index (χ1) is 9.10. The zero-order chi connectivity index (χ0) is 13.9. The Hall–Kier alpha value is -1.87. The van der Waals surface area contributed by atoms with Gasteiger partial charge in [0.05, 0.1) is 12.6 Å². The molecule has 0 aliphatic heterocycles. The van der Waals surface area contributed by atoms with Crippen molar-refractivity contribution < 1.29 is 9.13 Å². The summed E-state index contributed by atoms with van der Waals surface area (Å²) in [5.41, 5.74) is 7.48. The minimum absolute atomic E-state index is 0.274. The fraction of sp³-hybridized carbons (Fsp3) is 0.250. The first kappa shape index (κ1) is 13.6. The molecule has 2 rings (SSSR count). The van der Waals surface area contributed by atoms with E-state index in [1.807, 2.05) is 37.3 Å². The Morgan fingerprint density at radius 3 is 2.32 bits per heavy atom. The Kier molecular flexibility index (Phi) is 3.86. The molecular weight excluding hydrogens is 241 g/mol. The number of ether oxygens (including phenoxy) is 1. The summed E-state index contributed by atoms with van der Waals surface area (Å²) in [5, 5.41) is 0. The van der Waals surface area contributed by atoms with E-state index in [0.717, 1.165) is 16.9 Å². The lowest BCUT2D eigenvalue weighted by atomic mass is 9.81. The fourth-order valence-electron chi connectivity index (χ4n) is 2.24. The molecule has 2 aromatic rings. The molecule has 0 heterocycles. The van der Waals surface area contributed by atoms with E-state index in [-0.39, 0.29) is 5.82 Å². The predicted octanol–water partition coefficient (Wildman–Crippen LogP) is 3.45. The first-order valence-corrected chi connectivity index (χ1v) is 6.29. The van der Waals surface area contributed by atoms with Crippen molar-refractivity contribution >= 4 is 0 Å². The van der Waals surface area contributed by atoms with Crippen LogP contribution in [-0.4, -0.2) is 7.11 Å². The van der Waals surface area contributed by atoms with Gasteiger partial charge in [-0.15, -0.1) is 0 Å². The number of methoxy groups -OCH3 is 1. The fourth-order valence-corrected chi connectivity index (χ4v) is 2.24. The normalized spacial score (nSPS) is 13.9. The van der Waals surface area contributed by atoms with Gasteiger partial charge in [0.15, 0.2) is 0 Å². The number of hydrogen-bond donors (Lipinski definition) is 1.